The van der Waals surface area contributed by atoms with Gasteiger partial charge in [0, 0.05) is 56.1 Å². The smallest absolute Gasteiger partial charge is 0.301 e. The molecule has 0 aliphatic carbocycles. The third-order valence-electron chi connectivity index (χ3n) is 0.337. The van der Waals surface area contributed by atoms with Gasteiger partial charge < -0.3 is 4.89 Å². The van der Waals surface area contributed by atoms with E-state index in [0.717, 1.165) is 24.1 Å². The molecule has 0 heterocycles. The number of rotatable bonds is 4. The van der Waals surface area contributed by atoms with Gasteiger partial charge >= 0.3 is 7.82 Å². The first-order chi connectivity index (χ1) is 4.12. The molecule has 0 aromatic rings. The second kappa shape index (κ2) is 7.10. The summed E-state index contributed by atoms with van der Waals surface area (Å²) in [6, 6.07) is 0. The molecule has 0 aliphatic rings. The van der Waals surface area contributed by atoms with Gasteiger partial charge in [0.1, 0.15) is 0 Å². The van der Waals surface area contributed by atoms with Crippen molar-refractivity contribution < 1.29 is 36.9 Å². The molecular formula is C2H7O4PS2Zn. The quantitative estimate of drug-likeness (QED) is 0.469. The Balaban J connectivity index is 0. The Morgan fingerprint density at radius 3 is 1.80 bits per heavy atom. The van der Waals surface area contributed by atoms with Crippen LogP contribution in [0.15, 0.2) is 0 Å². The summed E-state index contributed by atoms with van der Waals surface area (Å²) in [4.78, 5) is 8.58. The molecule has 8 heteroatoms. The fourth-order valence-corrected chi connectivity index (χ4v) is 2.03. The normalized spacial score (nSPS) is 10.7. The Morgan fingerprint density at radius 1 is 1.30 bits per heavy atom. The average Bonchev–Trinajstić information content (AvgIpc) is 1.64. The molecule has 0 aromatic heterocycles. The zero-order valence-electron chi connectivity index (χ0n) is 5.64. The molecule has 0 unspecified atom stereocenters. The van der Waals surface area contributed by atoms with Crippen molar-refractivity contribution >= 4 is 31.9 Å². The van der Waals surface area contributed by atoms with E-state index in [9.17, 15) is 4.57 Å². The third kappa shape index (κ3) is 7.54. The molecule has 10 heavy (non-hydrogen) atoms. The van der Waals surface area contributed by atoms with Crippen molar-refractivity contribution in [1.82, 2.24) is 0 Å². The summed E-state index contributed by atoms with van der Waals surface area (Å²) in [7, 11) is -3.77. The Kier molecular flexibility index (Phi) is 9.93. The van der Waals surface area contributed by atoms with Crippen molar-refractivity contribution in [2.24, 2.45) is 0 Å². The van der Waals surface area contributed by atoms with Crippen LogP contribution in [-0.2, 0) is 32.0 Å². The van der Waals surface area contributed by atoms with Gasteiger partial charge in [0.2, 0.25) is 0 Å². The van der Waals surface area contributed by atoms with Gasteiger partial charge in [0.25, 0.3) is 0 Å². The van der Waals surface area contributed by atoms with Crippen LogP contribution in [-0.4, -0.2) is 17.4 Å². The van der Waals surface area contributed by atoms with E-state index >= 15 is 0 Å². The van der Waals surface area contributed by atoms with Crippen molar-refractivity contribution in [1.29, 1.82) is 0 Å². The zero-order valence-corrected chi connectivity index (χ0v) is 11.1. The molecule has 0 atom stereocenters. The SMILES string of the molecule is CSOP(=O)(O)OSC.[Zn]. The molecule has 0 aliphatic heterocycles. The van der Waals surface area contributed by atoms with Crippen molar-refractivity contribution in [3.63, 3.8) is 0 Å². The maximum absolute atomic E-state index is 10.5. The molecular weight excluding hydrogens is 249 g/mol. The van der Waals surface area contributed by atoms with E-state index in [1.54, 1.807) is 0 Å². The number of hydrogen-bond acceptors (Lipinski definition) is 5. The molecule has 0 saturated heterocycles. The first-order valence-electron chi connectivity index (χ1n) is 1.90. The molecule has 0 bridgehead atoms. The minimum atomic E-state index is -3.77. The standard InChI is InChI=1S/C2H7O4PS2.Zn/c1-8-5-7(3,4)6-9-2;/h1-2H3,(H,3,4);. The van der Waals surface area contributed by atoms with Crippen LogP contribution in [0.5, 0.6) is 0 Å². The maximum atomic E-state index is 10.5. The number of phosphoric acid groups is 1. The fraction of sp³-hybridized carbons (Fsp3) is 1.00. The van der Waals surface area contributed by atoms with Crippen LogP contribution >= 0.6 is 31.9 Å². The van der Waals surface area contributed by atoms with Crippen molar-refractivity contribution in [3.8, 4) is 0 Å². The first kappa shape index (κ1) is 14.0. The number of hydrogen-bond donors (Lipinski definition) is 1. The summed E-state index contributed by atoms with van der Waals surface area (Å²) < 4.78 is 19.0. The average molecular weight is 256 g/mol. The molecule has 58 valence electrons. The van der Waals surface area contributed by atoms with E-state index in [2.05, 4.69) is 7.94 Å². The van der Waals surface area contributed by atoms with Gasteiger partial charge in [-0.2, -0.15) is 0 Å². The summed E-state index contributed by atoms with van der Waals surface area (Å²) >= 11 is 1.59. The Bertz CT molecular complexity index is 112. The minimum Gasteiger partial charge on any atom is -0.301 e. The van der Waals surface area contributed by atoms with Gasteiger partial charge in [-0.1, -0.05) is 0 Å². The maximum Gasteiger partial charge on any atom is 0.494 e. The minimum absolute atomic E-state index is 0. The van der Waals surface area contributed by atoms with Crippen molar-refractivity contribution in [2.75, 3.05) is 12.5 Å². The van der Waals surface area contributed by atoms with Crippen molar-refractivity contribution in [3.05, 3.63) is 0 Å². The van der Waals surface area contributed by atoms with E-state index in [4.69, 9.17) is 4.89 Å². The van der Waals surface area contributed by atoms with Crippen LogP contribution in [0, 0.1) is 0 Å². The van der Waals surface area contributed by atoms with Gasteiger partial charge in [-0.25, -0.2) is 12.5 Å². The molecule has 0 aromatic carbocycles. The van der Waals surface area contributed by atoms with Crippen LogP contribution in [0.1, 0.15) is 0 Å². The molecule has 0 saturated carbocycles. The van der Waals surface area contributed by atoms with Gasteiger partial charge in [-0.3, -0.25) is 0 Å². The summed E-state index contributed by atoms with van der Waals surface area (Å²) in [5.74, 6) is 0. The van der Waals surface area contributed by atoms with Crippen LogP contribution in [0.4, 0.5) is 0 Å². The van der Waals surface area contributed by atoms with Crippen LogP contribution in [0.25, 0.3) is 0 Å². The van der Waals surface area contributed by atoms with Gasteiger partial charge in [-0.15, -0.1) is 0 Å². The summed E-state index contributed by atoms with van der Waals surface area (Å²) in [5, 5.41) is 0. The molecule has 1 N–H and O–H groups in total. The molecule has 0 fully saturated rings. The van der Waals surface area contributed by atoms with E-state index < -0.39 is 7.82 Å². The second-order valence-electron chi connectivity index (χ2n) is 0.951. The van der Waals surface area contributed by atoms with Crippen LogP contribution < -0.4 is 0 Å². The monoisotopic (exact) mass is 254 g/mol. The van der Waals surface area contributed by atoms with Gasteiger partial charge in [-0.05, 0) is 0 Å². The first-order valence-corrected chi connectivity index (χ1v) is 5.69. The molecule has 0 rings (SSSR count). The topological polar surface area (TPSA) is 55.8 Å². The summed E-state index contributed by atoms with van der Waals surface area (Å²) in [5.41, 5.74) is 0. The van der Waals surface area contributed by atoms with Crippen molar-refractivity contribution in [2.45, 2.75) is 0 Å². The Morgan fingerprint density at radius 2 is 1.60 bits per heavy atom. The van der Waals surface area contributed by atoms with E-state index in [1.165, 1.54) is 12.5 Å². The second-order valence-corrected chi connectivity index (χ2v) is 3.75. The van der Waals surface area contributed by atoms with Crippen LogP contribution in [0.3, 0.4) is 0 Å². The van der Waals surface area contributed by atoms with E-state index in [-0.39, 0.29) is 19.5 Å². The van der Waals surface area contributed by atoms with E-state index in [0.29, 0.717) is 0 Å². The molecule has 4 nitrogen and oxygen atoms in total. The molecule has 0 amide bonds. The Labute approximate surface area is 81.2 Å². The fourth-order valence-electron chi connectivity index (χ4n) is 0.201. The predicted molar refractivity (Wildman–Crippen MR) is 39.0 cm³/mol. The van der Waals surface area contributed by atoms with Gasteiger partial charge in [0.05, 0.1) is 0 Å². The molecule has 0 radical (unpaired) electrons. The largest absolute Gasteiger partial charge is 0.494 e. The summed E-state index contributed by atoms with van der Waals surface area (Å²) in [6.45, 7) is 0. The zero-order chi connectivity index (χ0) is 7.33. The summed E-state index contributed by atoms with van der Waals surface area (Å²) in [6.07, 6.45) is 3.07. The molecule has 0 spiro atoms. The van der Waals surface area contributed by atoms with Gasteiger partial charge in [0.15, 0.2) is 0 Å². The predicted octanol–water partition coefficient (Wildman–Crippen LogP) is 1.67. The van der Waals surface area contributed by atoms with E-state index in [1.807, 2.05) is 0 Å². The van der Waals surface area contributed by atoms with Crippen LogP contribution in [0.2, 0.25) is 0 Å². The Hall–Kier alpha value is 1.43. The third-order valence-corrected chi connectivity index (χ3v) is 3.04.